The number of hydrogen-bond donors (Lipinski definition) is 4. The number of para-hydroxylation sites is 4. The summed E-state index contributed by atoms with van der Waals surface area (Å²) in [6, 6.07) is 38.3. The minimum atomic E-state index is 0.217. The van der Waals surface area contributed by atoms with Crippen molar-refractivity contribution in [3.8, 4) is 0 Å². The smallest absolute Gasteiger partial charge is 0.0454 e. The summed E-state index contributed by atoms with van der Waals surface area (Å²) in [6.07, 6.45) is 0.932. The second-order valence-corrected chi connectivity index (χ2v) is 9.04. The van der Waals surface area contributed by atoms with Crippen molar-refractivity contribution in [2.75, 3.05) is 34.4 Å². The lowest BCUT2D eigenvalue weighted by Gasteiger charge is -2.28. The normalized spacial score (nSPS) is 12.4. The van der Waals surface area contributed by atoms with Gasteiger partial charge in [-0.3, -0.25) is 0 Å². The second-order valence-electron chi connectivity index (χ2n) is 9.04. The average Bonchev–Trinajstić information content (AvgIpc) is 2.89. The summed E-state index contributed by atoms with van der Waals surface area (Å²) in [7, 11) is 0. The van der Waals surface area contributed by atoms with E-state index in [1.54, 1.807) is 0 Å². The van der Waals surface area contributed by atoms with Crippen LogP contribution < -0.4 is 21.3 Å². The van der Waals surface area contributed by atoms with Gasteiger partial charge in [-0.25, -0.2) is 0 Å². The van der Waals surface area contributed by atoms with Gasteiger partial charge in [0.2, 0.25) is 0 Å². The zero-order valence-corrected chi connectivity index (χ0v) is 20.7. The third kappa shape index (κ3) is 7.54. The largest absolute Gasteiger partial charge is 0.383 e. The summed E-state index contributed by atoms with van der Waals surface area (Å²) < 4.78 is 0. The number of nitrogens with one attached hydrogen (secondary N) is 4. The summed E-state index contributed by atoms with van der Waals surface area (Å²) in [5.74, 6) is 0. The predicted molar refractivity (Wildman–Crippen MR) is 152 cm³/mol. The van der Waals surface area contributed by atoms with Gasteiger partial charge in [0, 0.05) is 47.9 Å². The van der Waals surface area contributed by atoms with E-state index >= 15 is 0 Å². The van der Waals surface area contributed by atoms with Crippen LogP contribution in [0.25, 0.3) is 0 Å². The van der Waals surface area contributed by atoms with Crippen molar-refractivity contribution in [1.29, 1.82) is 0 Å². The zero-order valence-electron chi connectivity index (χ0n) is 20.7. The summed E-state index contributed by atoms with van der Waals surface area (Å²) in [5.41, 5.74) is 7.13. The van der Waals surface area contributed by atoms with E-state index in [0.29, 0.717) is 0 Å². The van der Waals surface area contributed by atoms with Crippen molar-refractivity contribution in [3.05, 3.63) is 120 Å². The SMILES string of the molecule is Cc1ccccc1NCC(CC(CNc1ccccc1)Nc1ccccc1)Nc1ccccc1C. The van der Waals surface area contributed by atoms with Crippen molar-refractivity contribution in [1.82, 2.24) is 0 Å². The Morgan fingerprint density at radius 3 is 1.60 bits per heavy atom. The number of anilines is 4. The van der Waals surface area contributed by atoms with Crippen molar-refractivity contribution in [3.63, 3.8) is 0 Å². The lowest BCUT2D eigenvalue weighted by atomic mass is 10.0. The molecular weight excluding hydrogens is 428 g/mol. The molecule has 0 radical (unpaired) electrons. The van der Waals surface area contributed by atoms with E-state index in [0.717, 1.165) is 30.9 Å². The molecule has 180 valence electrons. The molecule has 4 N–H and O–H groups in total. The van der Waals surface area contributed by atoms with Gasteiger partial charge in [0.05, 0.1) is 0 Å². The molecule has 0 bridgehead atoms. The Morgan fingerprint density at radius 2 is 0.971 bits per heavy atom. The van der Waals surface area contributed by atoms with Gasteiger partial charge in [-0.2, -0.15) is 0 Å². The first kappa shape index (κ1) is 24.2. The van der Waals surface area contributed by atoms with Crippen LogP contribution in [0.2, 0.25) is 0 Å². The first-order valence-corrected chi connectivity index (χ1v) is 12.4. The van der Waals surface area contributed by atoms with Crippen LogP contribution >= 0.6 is 0 Å². The maximum Gasteiger partial charge on any atom is 0.0454 e. The van der Waals surface area contributed by atoms with E-state index in [9.17, 15) is 0 Å². The van der Waals surface area contributed by atoms with Crippen LogP contribution in [0, 0.1) is 13.8 Å². The van der Waals surface area contributed by atoms with Gasteiger partial charge in [0.15, 0.2) is 0 Å². The Hall–Kier alpha value is -3.92. The predicted octanol–water partition coefficient (Wildman–Crippen LogP) is 7.18. The quantitative estimate of drug-likeness (QED) is 0.179. The molecule has 4 aromatic rings. The third-order valence-corrected chi connectivity index (χ3v) is 6.23. The van der Waals surface area contributed by atoms with E-state index in [2.05, 4.69) is 138 Å². The van der Waals surface area contributed by atoms with Gasteiger partial charge in [-0.1, -0.05) is 72.8 Å². The lowest BCUT2D eigenvalue weighted by molar-refractivity contribution is 0.598. The highest BCUT2D eigenvalue weighted by Crippen LogP contribution is 2.20. The molecule has 0 aliphatic rings. The summed E-state index contributed by atoms with van der Waals surface area (Å²) in [5, 5.41) is 14.9. The van der Waals surface area contributed by atoms with Crippen LogP contribution in [0.3, 0.4) is 0 Å². The molecule has 2 atom stereocenters. The molecule has 4 heteroatoms. The Morgan fingerprint density at radius 1 is 0.486 bits per heavy atom. The minimum absolute atomic E-state index is 0.217. The fourth-order valence-electron chi connectivity index (χ4n) is 4.26. The third-order valence-electron chi connectivity index (χ3n) is 6.23. The molecule has 0 saturated heterocycles. The topological polar surface area (TPSA) is 48.1 Å². The Bertz CT molecular complexity index is 1160. The van der Waals surface area contributed by atoms with Crippen LogP contribution in [-0.2, 0) is 0 Å². The highest BCUT2D eigenvalue weighted by molar-refractivity contribution is 5.53. The average molecular weight is 465 g/mol. The van der Waals surface area contributed by atoms with Gasteiger partial charge >= 0.3 is 0 Å². The molecule has 0 heterocycles. The zero-order chi connectivity index (χ0) is 24.3. The van der Waals surface area contributed by atoms with E-state index in [1.165, 1.54) is 22.5 Å². The van der Waals surface area contributed by atoms with Crippen LogP contribution in [0.15, 0.2) is 109 Å². The van der Waals surface area contributed by atoms with E-state index in [4.69, 9.17) is 0 Å². The highest BCUT2D eigenvalue weighted by Gasteiger charge is 2.18. The van der Waals surface area contributed by atoms with Crippen LogP contribution in [0.4, 0.5) is 22.7 Å². The molecule has 0 amide bonds. The standard InChI is InChI=1S/C31H36N4/c1-24-13-9-11-19-30(24)33-23-29(35-31-20-12-10-14-25(31)2)21-28(34-27-17-7-4-8-18-27)22-32-26-15-5-3-6-16-26/h3-20,28-29,32-35H,21-23H2,1-2H3. The lowest BCUT2D eigenvalue weighted by Crippen LogP contribution is -2.38. The van der Waals surface area contributed by atoms with E-state index in [1.807, 2.05) is 6.07 Å². The van der Waals surface area contributed by atoms with E-state index < -0.39 is 0 Å². The van der Waals surface area contributed by atoms with Gasteiger partial charge in [-0.05, 0) is 67.8 Å². The maximum atomic E-state index is 3.82. The summed E-state index contributed by atoms with van der Waals surface area (Å²) >= 11 is 0. The van der Waals surface area contributed by atoms with Gasteiger partial charge < -0.3 is 21.3 Å². The minimum Gasteiger partial charge on any atom is -0.383 e. The van der Waals surface area contributed by atoms with Crippen molar-refractivity contribution >= 4 is 22.7 Å². The Labute approximate surface area is 209 Å². The van der Waals surface area contributed by atoms with Gasteiger partial charge in [0.25, 0.3) is 0 Å². The van der Waals surface area contributed by atoms with Crippen LogP contribution in [0.5, 0.6) is 0 Å². The molecule has 4 aromatic carbocycles. The number of hydrogen-bond acceptors (Lipinski definition) is 4. The molecule has 2 unspecified atom stereocenters. The molecular formula is C31H36N4. The summed E-state index contributed by atoms with van der Waals surface area (Å²) in [6.45, 7) is 5.94. The summed E-state index contributed by atoms with van der Waals surface area (Å²) in [4.78, 5) is 0. The van der Waals surface area contributed by atoms with E-state index in [-0.39, 0.29) is 12.1 Å². The fraction of sp³-hybridized carbons (Fsp3) is 0.226. The van der Waals surface area contributed by atoms with Crippen molar-refractivity contribution in [2.45, 2.75) is 32.4 Å². The van der Waals surface area contributed by atoms with Crippen LogP contribution in [0.1, 0.15) is 17.5 Å². The maximum absolute atomic E-state index is 3.82. The first-order valence-electron chi connectivity index (χ1n) is 12.4. The highest BCUT2D eigenvalue weighted by atomic mass is 15.0. The molecule has 0 aliphatic heterocycles. The fourth-order valence-corrected chi connectivity index (χ4v) is 4.26. The van der Waals surface area contributed by atoms with Crippen molar-refractivity contribution in [2.24, 2.45) is 0 Å². The van der Waals surface area contributed by atoms with Crippen LogP contribution in [-0.4, -0.2) is 25.2 Å². The molecule has 0 aliphatic carbocycles. The Kier molecular flexibility index (Phi) is 8.66. The van der Waals surface area contributed by atoms with Gasteiger partial charge in [-0.15, -0.1) is 0 Å². The van der Waals surface area contributed by atoms with Crippen molar-refractivity contribution < 1.29 is 0 Å². The molecule has 0 spiro atoms. The number of aryl methyl sites for hydroxylation is 2. The molecule has 35 heavy (non-hydrogen) atoms. The molecule has 4 nitrogen and oxygen atoms in total. The number of rotatable bonds is 12. The molecule has 0 aromatic heterocycles. The first-order chi connectivity index (χ1) is 17.2. The molecule has 0 fully saturated rings. The monoisotopic (exact) mass is 464 g/mol. The van der Waals surface area contributed by atoms with Gasteiger partial charge in [0.1, 0.15) is 0 Å². The molecule has 4 rings (SSSR count). The molecule has 0 saturated carbocycles. The second kappa shape index (κ2) is 12.5. The number of benzene rings is 4. The Balaban J connectivity index is 1.52.